The van der Waals surface area contributed by atoms with Crippen molar-refractivity contribution in [1.82, 2.24) is 20.4 Å². The van der Waals surface area contributed by atoms with Crippen molar-refractivity contribution in [2.24, 2.45) is 0 Å². The van der Waals surface area contributed by atoms with Gasteiger partial charge in [0.05, 0.1) is 17.8 Å². The van der Waals surface area contributed by atoms with Gasteiger partial charge in [-0.3, -0.25) is 4.79 Å². The van der Waals surface area contributed by atoms with Gasteiger partial charge in [-0.25, -0.2) is 9.78 Å². The molecule has 0 saturated carbocycles. The smallest absolute Gasteiger partial charge is 0.337 e. The number of rotatable bonds is 4. The highest BCUT2D eigenvalue weighted by molar-refractivity contribution is 5.94. The first kappa shape index (κ1) is 12.7. The van der Waals surface area contributed by atoms with Gasteiger partial charge in [0.15, 0.2) is 5.82 Å². The number of aromatic carboxylic acids is 1. The number of nitrogens with one attached hydrogen (secondary N) is 1. The van der Waals surface area contributed by atoms with Gasteiger partial charge in [0.1, 0.15) is 5.69 Å². The van der Waals surface area contributed by atoms with Gasteiger partial charge in [0.2, 0.25) is 6.39 Å². The number of aromatic nitrogens is 3. The van der Waals surface area contributed by atoms with Crippen LogP contribution >= 0.6 is 0 Å². The zero-order chi connectivity index (χ0) is 13.8. The number of hydrogen-bond acceptors (Lipinski definition) is 6. The summed E-state index contributed by atoms with van der Waals surface area (Å²) in [5.74, 6) is -1.18. The Morgan fingerprint density at radius 1 is 1.42 bits per heavy atom. The minimum Gasteiger partial charge on any atom is -0.478 e. The first-order valence-corrected chi connectivity index (χ1v) is 5.32. The van der Waals surface area contributed by atoms with Gasteiger partial charge < -0.3 is 14.9 Å². The Hall–Kier alpha value is -2.77. The SMILES string of the molecule is Cc1nc(C(=O)NCc2ncon2)ccc1C(=O)O. The van der Waals surface area contributed by atoms with Crippen LogP contribution in [-0.2, 0) is 6.54 Å². The molecule has 2 rings (SSSR count). The van der Waals surface area contributed by atoms with Crippen LogP contribution in [0.5, 0.6) is 0 Å². The summed E-state index contributed by atoms with van der Waals surface area (Å²) in [6.45, 7) is 1.64. The van der Waals surface area contributed by atoms with Crippen LogP contribution in [0.1, 0.15) is 32.4 Å². The monoisotopic (exact) mass is 262 g/mol. The van der Waals surface area contributed by atoms with E-state index >= 15 is 0 Å². The molecule has 0 atom stereocenters. The highest BCUT2D eigenvalue weighted by Gasteiger charge is 2.13. The molecule has 98 valence electrons. The second-order valence-electron chi connectivity index (χ2n) is 3.66. The van der Waals surface area contributed by atoms with E-state index in [0.29, 0.717) is 5.82 Å². The number of carboxylic acid groups (broad SMARTS) is 1. The zero-order valence-corrected chi connectivity index (χ0v) is 9.95. The molecule has 0 unspecified atom stereocenters. The molecule has 0 spiro atoms. The lowest BCUT2D eigenvalue weighted by atomic mass is 10.2. The summed E-state index contributed by atoms with van der Waals surface area (Å²) in [5.41, 5.74) is 0.473. The molecule has 0 aliphatic heterocycles. The van der Waals surface area contributed by atoms with Crippen LogP contribution in [0.25, 0.3) is 0 Å². The average Bonchev–Trinajstić information content (AvgIpc) is 2.88. The van der Waals surface area contributed by atoms with Gasteiger partial charge >= 0.3 is 5.97 Å². The Kier molecular flexibility index (Phi) is 3.51. The number of pyridine rings is 1. The van der Waals surface area contributed by atoms with E-state index in [1.807, 2.05) is 0 Å². The fourth-order valence-corrected chi connectivity index (χ4v) is 1.43. The number of aryl methyl sites for hydroxylation is 1. The molecule has 0 radical (unpaired) electrons. The molecule has 0 bridgehead atoms. The van der Waals surface area contributed by atoms with Crippen molar-refractivity contribution in [1.29, 1.82) is 0 Å². The third-order valence-corrected chi connectivity index (χ3v) is 2.36. The van der Waals surface area contributed by atoms with Crippen molar-refractivity contribution in [3.05, 3.63) is 41.3 Å². The van der Waals surface area contributed by atoms with E-state index in [0.717, 1.165) is 6.39 Å². The summed E-state index contributed by atoms with van der Waals surface area (Å²) < 4.78 is 4.52. The van der Waals surface area contributed by atoms with E-state index in [-0.39, 0.29) is 23.5 Å². The third-order valence-electron chi connectivity index (χ3n) is 2.36. The number of carbonyl (C=O) groups is 2. The maximum atomic E-state index is 11.8. The molecule has 2 aromatic heterocycles. The van der Waals surface area contributed by atoms with Crippen LogP contribution in [0.3, 0.4) is 0 Å². The van der Waals surface area contributed by atoms with Crippen LogP contribution < -0.4 is 5.32 Å². The molecular weight excluding hydrogens is 252 g/mol. The maximum Gasteiger partial charge on any atom is 0.337 e. The van der Waals surface area contributed by atoms with Gasteiger partial charge in [-0.15, -0.1) is 0 Å². The van der Waals surface area contributed by atoms with Crippen molar-refractivity contribution < 1.29 is 19.2 Å². The summed E-state index contributed by atoms with van der Waals surface area (Å²) in [6, 6.07) is 2.69. The highest BCUT2D eigenvalue weighted by atomic mass is 16.5. The molecule has 0 fully saturated rings. The second-order valence-corrected chi connectivity index (χ2v) is 3.66. The van der Waals surface area contributed by atoms with Crippen molar-refractivity contribution in [3.8, 4) is 0 Å². The second kappa shape index (κ2) is 5.25. The summed E-state index contributed by atoms with van der Waals surface area (Å²) in [4.78, 5) is 30.3. The van der Waals surface area contributed by atoms with Crippen LogP contribution in [0.2, 0.25) is 0 Å². The van der Waals surface area contributed by atoms with Crippen molar-refractivity contribution in [3.63, 3.8) is 0 Å². The first-order chi connectivity index (χ1) is 9.08. The maximum absolute atomic E-state index is 11.8. The van der Waals surface area contributed by atoms with Gasteiger partial charge in [0, 0.05) is 0 Å². The molecule has 2 aromatic rings. The topological polar surface area (TPSA) is 118 Å². The quantitative estimate of drug-likeness (QED) is 0.818. The lowest BCUT2D eigenvalue weighted by Gasteiger charge is -2.04. The normalized spacial score (nSPS) is 10.2. The van der Waals surface area contributed by atoms with Gasteiger partial charge in [0.25, 0.3) is 5.91 Å². The predicted molar refractivity (Wildman–Crippen MR) is 61.4 cm³/mol. The summed E-state index contributed by atoms with van der Waals surface area (Å²) in [5, 5.41) is 14.9. The summed E-state index contributed by atoms with van der Waals surface area (Å²) >= 11 is 0. The Balaban J connectivity index is 2.07. The predicted octanol–water partition coefficient (Wildman–Crippen LogP) is 0.401. The molecule has 0 aromatic carbocycles. The molecule has 8 nitrogen and oxygen atoms in total. The molecular formula is C11H10N4O4. The van der Waals surface area contributed by atoms with Crippen LogP contribution in [0.15, 0.2) is 23.0 Å². The lowest BCUT2D eigenvalue weighted by molar-refractivity contribution is 0.0694. The van der Waals surface area contributed by atoms with Crippen LogP contribution in [0, 0.1) is 6.92 Å². The zero-order valence-electron chi connectivity index (χ0n) is 9.95. The highest BCUT2D eigenvalue weighted by Crippen LogP contribution is 2.07. The van der Waals surface area contributed by atoms with E-state index in [1.54, 1.807) is 0 Å². The third kappa shape index (κ3) is 2.92. The summed E-state index contributed by atoms with van der Waals surface area (Å²) in [7, 11) is 0. The molecule has 0 saturated heterocycles. The number of carbonyl (C=O) groups excluding carboxylic acids is 1. The van der Waals surface area contributed by atoms with E-state index in [4.69, 9.17) is 5.11 Å². The minimum atomic E-state index is -1.08. The molecule has 1 amide bonds. The van der Waals surface area contributed by atoms with Crippen LogP contribution in [0.4, 0.5) is 0 Å². The van der Waals surface area contributed by atoms with Crippen molar-refractivity contribution in [2.45, 2.75) is 13.5 Å². The average molecular weight is 262 g/mol. The number of nitrogens with zero attached hydrogens (tertiary/aromatic N) is 3. The standard InChI is InChI=1S/C11H10N4O4/c1-6-7(11(17)18)2-3-8(14-6)10(16)12-4-9-13-5-19-15-9/h2-3,5H,4H2,1H3,(H,12,16)(H,17,18). The Labute approximate surface area is 107 Å². The van der Waals surface area contributed by atoms with E-state index in [9.17, 15) is 9.59 Å². The van der Waals surface area contributed by atoms with E-state index in [2.05, 4.69) is 25.0 Å². The fourth-order valence-electron chi connectivity index (χ4n) is 1.43. The Morgan fingerprint density at radius 3 is 2.79 bits per heavy atom. The van der Waals surface area contributed by atoms with Gasteiger partial charge in [-0.2, -0.15) is 4.98 Å². The molecule has 0 aliphatic carbocycles. The van der Waals surface area contributed by atoms with Gasteiger partial charge in [-0.1, -0.05) is 5.16 Å². The minimum absolute atomic E-state index is 0.0646. The molecule has 0 aliphatic rings. The first-order valence-electron chi connectivity index (χ1n) is 5.32. The van der Waals surface area contributed by atoms with Crippen molar-refractivity contribution in [2.75, 3.05) is 0 Å². The fraction of sp³-hybridized carbons (Fsp3) is 0.182. The number of hydrogen-bond donors (Lipinski definition) is 2. The van der Waals surface area contributed by atoms with Crippen molar-refractivity contribution >= 4 is 11.9 Å². The van der Waals surface area contributed by atoms with E-state index < -0.39 is 11.9 Å². The van der Waals surface area contributed by atoms with E-state index in [1.165, 1.54) is 19.1 Å². The number of carboxylic acids is 1. The molecule has 2 N–H and O–H groups in total. The summed E-state index contributed by atoms with van der Waals surface area (Å²) in [6.07, 6.45) is 1.16. The lowest BCUT2D eigenvalue weighted by Crippen LogP contribution is -2.24. The molecule has 8 heteroatoms. The largest absolute Gasteiger partial charge is 0.478 e. The van der Waals surface area contributed by atoms with Crippen LogP contribution in [-0.4, -0.2) is 32.1 Å². The molecule has 19 heavy (non-hydrogen) atoms. The van der Waals surface area contributed by atoms with Gasteiger partial charge in [-0.05, 0) is 19.1 Å². The molecule has 2 heterocycles. The number of amides is 1. The Morgan fingerprint density at radius 2 is 2.21 bits per heavy atom. The Bertz CT molecular complexity index is 609.